The van der Waals surface area contributed by atoms with Crippen LogP contribution in [0.2, 0.25) is 0 Å². The summed E-state index contributed by atoms with van der Waals surface area (Å²) in [5.74, 6) is -0.830. The van der Waals surface area contributed by atoms with Crippen LogP contribution < -0.4 is 15.8 Å². The molecule has 6 rings (SSSR count). The Morgan fingerprint density at radius 3 is 2.92 bits per heavy atom. The molecule has 1 aliphatic carbocycles. The molecule has 4 aromatic rings. The van der Waals surface area contributed by atoms with Crippen molar-refractivity contribution in [1.29, 1.82) is 0 Å². The number of carbonyl (C=O) groups is 2. The molecule has 2 atom stereocenters. The van der Waals surface area contributed by atoms with Crippen LogP contribution in [0.1, 0.15) is 15.2 Å². The number of rotatable bonds is 5. The van der Waals surface area contributed by atoms with Crippen LogP contribution in [0.25, 0.3) is 21.1 Å². The number of hydrogen-bond acceptors (Lipinski definition) is 9. The predicted octanol–water partition coefficient (Wildman–Crippen LogP) is 2.45. The Morgan fingerprint density at radius 1 is 1.21 bits per heavy atom. The lowest BCUT2D eigenvalue weighted by Crippen LogP contribution is -2.50. The highest BCUT2D eigenvalue weighted by Crippen LogP contribution is 2.41. The summed E-state index contributed by atoms with van der Waals surface area (Å²) in [7, 11) is 1.56. The van der Waals surface area contributed by atoms with E-state index in [9.17, 15) is 9.59 Å². The van der Waals surface area contributed by atoms with Crippen molar-refractivity contribution in [1.82, 2.24) is 31.0 Å². The highest BCUT2D eigenvalue weighted by atomic mass is 32.1. The zero-order valence-electron chi connectivity index (χ0n) is 20.5. The smallest absolute Gasteiger partial charge is 0.279 e. The Balaban J connectivity index is 1.22. The molecule has 38 heavy (non-hydrogen) atoms. The number of anilines is 1. The molecule has 194 valence electrons. The fourth-order valence-electron chi connectivity index (χ4n) is 4.99. The molecule has 12 heteroatoms. The maximum absolute atomic E-state index is 13.4. The lowest BCUT2D eigenvalue weighted by molar-refractivity contribution is -0.132. The number of H-pyrrole nitrogens is 1. The molecule has 1 saturated heterocycles. The highest BCUT2D eigenvalue weighted by Gasteiger charge is 2.44. The van der Waals surface area contributed by atoms with Crippen LogP contribution in [0.3, 0.4) is 0 Å². The van der Waals surface area contributed by atoms with Gasteiger partial charge in [-0.2, -0.15) is 5.10 Å². The molecule has 1 aliphatic heterocycles. The number of aromatic amines is 1. The zero-order valence-corrected chi connectivity index (χ0v) is 21.3. The van der Waals surface area contributed by atoms with Gasteiger partial charge in [-0.05, 0) is 23.8 Å². The van der Waals surface area contributed by atoms with Crippen molar-refractivity contribution in [2.75, 3.05) is 38.3 Å². The number of allylic oxidation sites excluding steroid dienone is 2. The summed E-state index contributed by atoms with van der Waals surface area (Å²) in [4.78, 5) is 37.8. The number of ether oxygens (including phenoxy) is 2. The molecule has 1 aromatic carbocycles. The number of benzene rings is 1. The van der Waals surface area contributed by atoms with Crippen LogP contribution in [0, 0.1) is 5.92 Å². The van der Waals surface area contributed by atoms with Gasteiger partial charge in [-0.3, -0.25) is 25.5 Å². The van der Waals surface area contributed by atoms with Gasteiger partial charge in [0.1, 0.15) is 17.7 Å². The first-order chi connectivity index (χ1) is 18.6. The minimum absolute atomic E-state index is 0.413. The molecular weight excluding hydrogens is 506 g/mol. The fourth-order valence-corrected chi connectivity index (χ4v) is 6.01. The monoisotopic (exact) mass is 531 g/mol. The molecule has 3 N–H and O–H groups in total. The molecule has 2 aliphatic rings. The van der Waals surface area contributed by atoms with Crippen LogP contribution in [-0.2, 0) is 19.9 Å². The third-order valence-electron chi connectivity index (χ3n) is 6.87. The SMILES string of the molecule is COC1(c2cccc3[nH]ncc23)C=CC=CC1C(=O)NNC(=O)c1cc2ncnc(N3CCOCC3)c2s1. The topological polar surface area (TPSA) is 134 Å². The maximum atomic E-state index is 13.4. The molecule has 4 heterocycles. The normalized spacial score (nSPS) is 21.2. The summed E-state index contributed by atoms with van der Waals surface area (Å²) in [6, 6.07) is 7.41. The van der Waals surface area contributed by atoms with Crippen molar-refractivity contribution in [2.45, 2.75) is 5.60 Å². The summed E-state index contributed by atoms with van der Waals surface area (Å²) < 4.78 is 12.3. The molecular formula is C26H25N7O4S. The van der Waals surface area contributed by atoms with Gasteiger partial charge in [-0.15, -0.1) is 11.3 Å². The summed E-state index contributed by atoms with van der Waals surface area (Å²) in [6.45, 7) is 2.69. The second-order valence-electron chi connectivity index (χ2n) is 8.92. The first kappa shape index (κ1) is 24.2. The number of amides is 2. The molecule has 0 spiro atoms. The minimum Gasteiger partial charge on any atom is -0.378 e. The third-order valence-corrected chi connectivity index (χ3v) is 7.99. The van der Waals surface area contributed by atoms with Crippen LogP contribution in [0.15, 0.2) is 61.1 Å². The summed E-state index contributed by atoms with van der Waals surface area (Å²) >= 11 is 1.29. The third kappa shape index (κ3) is 4.12. The number of thiophene rings is 1. The van der Waals surface area contributed by atoms with E-state index in [1.54, 1.807) is 31.5 Å². The van der Waals surface area contributed by atoms with Crippen molar-refractivity contribution >= 4 is 50.1 Å². The minimum atomic E-state index is -1.09. The first-order valence-electron chi connectivity index (χ1n) is 12.1. The van der Waals surface area contributed by atoms with E-state index >= 15 is 0 Å². The summed E-state index contributed by atoms with van der Waals surface area (Å²) in [5.41, 5.74) is 6.36. The molecule has 11 nitrogen and oxygen atoms in total. The van der Waals surface area contributed by atoms with Gasteiger partial charge >= 0.3 is 0 Å². The van der Waals surface area contributed by atoms with E-state index in [4.69, 9.17) is 9.47 Å². The van der Waals surface area contributed by atoms with E-state index in [2.05, 4.69) is 35.9 Å². The van der Waals surface area contributed by atoms with E-state index < -0.39 is 23.3 Å². The van der Waals surface area contributed by atoms with Crippen molar-refractivity contribution in [3.63, 3.8) is 0 Å². The van der Waals surface area contributed by atoms with Crippen LogP contribution >= 0.6 is 11.3 Å². The average Bonchev–Trinajstić information content (AvgIpc) is 3.63. The van der Waals surface area contributed by atoms with Crippen molar-refractivity contribution in [3.8, 4) is 0 Å². The molecule has 0 bridgehead atoms. The van der Waals surface area contributed by atoms with E-state index in [0.717, 1.165) is 40.1 Å². The second kappa shape index (κ2) is 9.97. The summed E-state index contributed by atoms with van der Waals surface area (Å²) in [5, 5.41) is 7.94. The van der Waals surface area contributed by atoms with Crippen LogP contribution in [-0.4, -0.2) is 65.4 Å². The van der Waals surface area contributed by atoms with Gasteiger partial charge in [0.2, 0.25) is 5.91 Å². The average molecular weight is 532 g/mol. The number of carbonyl (C=O) groups excluding carboxylic acids is 2. The number of hydrogen-bond donors (Lipinski definition) is 3. The number of fused-ring (bicyclic) bond motifs is 2. The van der Waals surface area contributed by atoms with E-state index in [0.29, 0.717) is 23.6 Å². The van der Waals surface area contributed by atoms with Crippen molar-refractivity contribution < 1.29 is 19.1 Å². The Hall–Kier alpha value is -4.13. The Labute approximate surface area is 221 Å². The molecule has 2 unspecified atom stereocenters. The Bertz CT molecular complexity index is 1570. The molecule has 2 amide bonds. The van der Waals surface area contributed by atoms with Gasteiger partial charge in [0.15, 0.2) is 0 Å². The highest BCUT2D eigenvalue weighted by molar-refractivity contribution is 7.21. The Morgan fingerprint density at radius 2 is 2.08 bits per heavy atom. The lowest BCUT2D eigenvalue weighted by atomic mass is 9.76. The quantitative estimate of drug-likeness (QED) is 0.335. The fraction of sp³-hybridized carbons (Fsp3) is 0.269. The summed E-state index contributed by atoms with van der Waals surface area (Å²) in [6.07, 6.45) is 10.4. The first-order valence-corrected chi connectivity index (χ1v) is 12.9. The lowest BCUT2D eigenvalue weighted by Gasteiger charge is -2.37. The molecule has 1 fully saturated rings. The van der Waals surface area contributed by atoms with Gasteiger partial charge in [0, 0.05) is 25.6 Å². The van der Waals surface area contributed by atoms with Gasteiger partial charge in [-0.1, -0.05) is 30.4 Å². The number of nitrogens with zero attached hydrogens (tertiary/aromatic N) is 4. The zero-order chi connectivity index (χ0) is 26.1. The standard InChI is InChI=1S/C26H25N7O4S/c1-36-26(17-6-4-7-19-16(17)14-29-30-19)8-3-2-5-18(26)24(34)31-32-25(35)21-13-20-22(38-21)23(28-15-27-20)33-9-11-37-12-10-33/h2-8,13-15,18H,9-12H2,1H3,(H,29,30)(H,31,34)(H,32,35). The molecule has 0 radical (unpaired) electrons. The van der Waals surface area contributed by atoms with E-state index in [1.165, 1.54) is 17.7 Å². The number of methoxy groups -OCH3 is 1. The van der Waals surface area contributed by atoms with Gasteiger partial charge in [0.25, 0.3) is 5.91 Å². The van der Waals surface area contributed by atoms with Crippen molar-refractivity contribution in [3.05, 3.63) is 71.5 Å². The van der Waals surface area contributed by atoms with Gasteiger partial charge in [-0.25, -0.2) is 9.97 Å². The predicted molar refractivity (Wildman–Crippen MR) is 143 cm³/mol. The van der Waals surface area contributed by atoms with Gasteiger partial charge < -0.3 is 14.4 Å². The number of hydrazine groups is 1. The van der Waals surface area contributed by atoms with E-state index in [-0.39, 0.29) is 0 Å². The second-order valence-corrected chi connectivity index (χ2v) is 9.97. The molecule has 0 saturated carbocycles. The largest absolute Gasteiger partial charge is 0.378 e. The van der Waals surface area contributed by atoms with Crippen molar-refractivity contribution in [2.24, 2.45) is 5.92 Å². The molecule has 3 aromatic heterocycles. The van der Waals surface area contributed by atoms with Crippen LogP contribution in [0.4, 0.5) is 5.82 Å². The maximum Gasteiger partial charge on any atom is 0.279 e. The van der Waals surface area contributed by atoms with Crippen LogP contribution in [0.5, 0.6) is 0 Å². The Kier molecular flexibility index (Phi) is 6.35. The number of nitrogens with one attached hydrogen (secondary N) is 3. The van der Waals surface area contributed by atoms with E-state index in [1.807, 2.05) is 30.4 Å². The van der Waals surface area contributed by atoms with Gasteiger partial charge in [0.05, 0.1) is 45.9 Å². The number of morpholine rings is 1. The number of aromatic nitrogens is 4.